The number of aromatic nitrogens is 3. The summed E-state index contributed by atoms with van der Waals surface area (Å²) >= 11 is 0. The van der Waals surface area contributed by atoms with Crippen molar-refractivity contribution in [1.82, 2.24) is 20.1 Å². The van der Waals surface area contributed by atoms with Gasteiger partial charge in [0.25, 0.3) is 5.91 Å². The first kappa shape index (κ1) is 14.9. The highest BCUT2D eigenvalue weighted by molar-refractivity contribution is 6.05. The lowest BCUT2D eigenvalue weighted by atomic mass is 9.87. The van der Waals surface area contributed by atoms with Crippen molar-refractivity contribution in [3.8, 4) is 0 Å². The quantitative estimate of drug-likeness (QED) is 0.789. The molecule has 1 aromatic carbocycles. The van der Waals surface area contributed by atoms with Crippen LogP contribution in [0.3, 0.4) is 0 Å². The van der Waals surface area contributed by atoms with Gasteiger partial charge in [0, 0.05) is 12.7 Å². The summed E-state index contributed by atoms with van der Waals surface area (Å²) in [5, 5.41) is 8.25. The van der Waals surface area contributed by atoms with E-state index in [1.54, 1.807) is 10.9 Å². The molecule has 2 heterocycles. The van der Waals surface area contributed by atoms with Gasteiger partial charge in [-0.15, -0.1) is 0 Å². The van der Waals surface area contributed by atoms with Gasteiger partial charge in [-0.3, -0.25) is 9.48 Å². The summed E-state index contributed by atoms with van der Waals surface area (Å²) in [4.78, 5) is 17.4. The van der Waals surface area contributed by atoms with E-state index in [0.717, 1.165) is 36.0 Å². The summed E-state index contributed by atoms with van der Waals surface area (Å²) in [6.07, 6.45) is 4.87. The van der Waals surface area contributed by atoms with Crippen LogP contribution in [0.25, 0.3) is 11.0 Å². The van der Waals surface area contributed by atoms with Crippen molar-refractivity contribution in [1.29, 1.82) is 0 Å². The van der Waals surface area contributed by atoms with Crippen molar-refractivity contribution in [3.05, 3.63) is 58.9 Å². The summed E-state index contributed by atoms with van der Waals surface area (Å²) in [5.41, 5.74) is 4.79. The van der Waals surface area contributed by atoms with Crippen LogP contribution in [-0.2, 0) is 13.5 Å². The summed E-state index contributed by atoms with van der Waals surface area (Å²) in [7, 11) is 1.84. The van der Waals surface area contributed by atoms with E-state index in [1.165, 1.54) is 11.1 Å². The standard InChI is InChI=1S/C19H20N4O/c1-12-10-15(16-11-20-23(2)18(16)21-12)19(24)22-17-9-5-7-13-6-3-4-8-14(13)17/h3-4,6,8,10-11,17H,5,7,9H2,1-2H3,(H,22,24)/t17-/m1/s1. The number of amides is 1. The van der Waals surface area contributed by atoms with E-state index in [1.807, 2.05) is 26.1 Å². The maximum atomic E-state index is 12.9. The Hall–Kier alpha value is -2.69. The Bertz CT molecular complexity index is 928. The van der Waals surface area contributed by atoms with Crippen LogP contribution in [0.5, 0.6) is 0 Å². The number of hydrogen-bond donors (Lipinski definition) is 1. The van der Waals surface area contributed by atoms with Gasteiger partial charge >= 0.3 is 0 Å². The molecule has 24 heavy (non-hydrogen) atoms. The molecule has 1 aliphatic rings. The third-order valence-corrected chi connectivity index (χ3v) is 4.75. The minimum Gasteiger partial charge on any atom is -0.345 e. The zero-order chi connectivity index (χ0) is 16.7. The average molecular weight is 320 g/mol. The first-order valence-electron chi connectivity index (χ1n) is 8.31. The molecule has 1 N–H and O–H groups in total. The van der Waals surface area contributed by atoms with Crippen LogP contribution in [0.4, 0.5) is 0 Å². The molecule has 3 aromatic rings. The van der Waals surface area contributed by atoms with Crippen molar-refractivity contribution in [2.75, 3.05) is 0 Å². The number of fused-ring (bicyclic) bond motifs is 2. The number of rotatable bonds is 2. The Balaban J connectivity index is 1.69. The number of hydrogen-bond acceptors (Lipinski definition) is 3. The molecule has 0 bridgehead atoms. The molecule has 2 aromatic heterocycles. The molecule has 0 fully saturated rings. The summed E-state index contributed by atoms with van der Waals surface area (Å²) < 4.78 is 1.70. The third-order valence-electron chi connectivity index (χ3n) is 4.75. The zero-order valence-electron chi connectivity index (χ0n) is 13.9. The van der Waals surface area contributed by atoms with Crippen molar-refractivity contribution in [3.63, 3.8) is 0 Å². The monoisotopic (exact) mass is 320 g/mol. The zero-order valence-corrected chi connectivity index (χ0v) is 13.9. The second-order valence-corrected chi connectivity index (χ2v) is 6.43. The Morgan fingerprint density at radius 1 is 1.33 bits per heavy atom. The van der Waals surface area contributed by atoms with Gasteiger partial charge < -0.3 is 5.32 Å². The lowest BCUT2D eigenvalue weighted by molar-refractivity contribution is 0.0934. The van der Waals surface area contributed by atoms with Gasteiger partial charge in [0.1, 0.15) is 0 Å². The number of carbonyl (C=O) groups excluding carboxylic acids is 1. The average Bonchev–Trinajstić information content (AvgIpc) is 2.95. The number of nitrogens with zero attached hydrogens (tertiary/aromatic N) is 3. The number of benzene rings is 1. The van der Waals surface area contributed by atoms with E-state index in [2.05, 4.69) is 33.6 Å². The fourth-order valence-corrected chi connectivity index (χ4v) is 3.57. The smallest absolute Gasteiger partial charge is 0.252 e. The van der Waals surface area contributed by atoms with Crippen molar-refractivity contribution < 1.29 is 4.79 Å². The van der Waals surface area contributed by atoms with Crippen molar-refractivity contribution in [2.45, 2.75) is 32.2 Å². The first-order valence-corrected chi connectivity index (χ1v) is 8.31. The van der Waals surface area contributed by atoms with Gasteiger partial charge in [0.15, 0.2) is 5.65 Å². The number of nitrogens with one attached hydrogen (secondary N) is 1. The van der Waals surface area contributed by atoms with E-state index >= 15 is 0 Å². The Morgan fingerprint density at radius 3 is 3.04 bits per heavy atom. The number of aryl methyl sites for hydroxylation is 3. The molecule has 1 aliphatic carbocycles. The van der Waals surface area contributed by atoms with E-state index in [4.69, 9.17) is 0 Å². The Kier molecular flexibility index (Phi) is 3.56. The maximum absolute atomic E-state index is 12.9. The van der Waals surface area contributed by atoms with Gasteiger partial charge in [-0.2, -0.15) is 5.10 Å². The van der Waals surface area contributed by atoms with Crippen LogP contribution in [0.15, 0.2) is 36.5 Å². The molecular formula is C19H20N4O. The lowest BCUT2D eigenvalue weighted by Crippen LogP contribution is -2.31. The molecule has 4 rings (SSSR count). The highest BCUT2D eigenvalue weighted by Crippen LogP contribution is 2.30. The van der Waals surface area contributed by atoms with Crippen LogP contribution in [0, 0.1) is 6.92 Å². The molecule has 0 saturated carbocycles. The topological polar surface area (TPSA) is 59.8 Å². The summed E-state index contributed by atoms with van der Waals surface area (Å²) in [6.45, 7) is 1.90. The SMILES string of the molecule is Cc1cc(C(=O)N[C@@H]2CCCc3ccccc32)c2cnn(C)c2n1. The number of pyridine rings is 1. The van der Waals surface area contributed by atoms with E-state index in [0.29, 0.717) is 5.56 Å². The first-order chi connectivity index (χ1) is 11.6. The van der Waals surface area contributed by atoms with Gasteiger partial charge in [-0.1, -0.05) is 24.3 Å². The minimum absolute atomic E-state index is 0.0554. The molecule has 5 heteroatoms. The van der Waals surface area contributed by atoms with Crippen LogP contribution in [0.2, 0.25) is 0 Å². The van der Waals surface area contributed by atoms with Crippen molar-refractivity contribution >= 4 is 16.9 Å². The van der Waals surface area contributed by atoms with Gasteiger partial charge in [-0.25, -0.2) is 4.98 Å². The molecule has 122 valence electrons. The predicted octanol–water partition coefficient (Wildman–Crippen LogP) is 3.08. The van der Waals surface area contributed by atoms with Crippen LogP contribution in [-0.4, -0.2) is 20.7 Å². The lowest BCUT2D eigenvalue weighted by Gasteiger charge is -2.26. The predicted molar refractivity (Wildman–Crippen MR) is 92.8 cm³/mol. The molecule has 0 saturated heterocycles. The Morgan fingerprint density at radius 2 is 2.17 bits per heavy atom. The molecule has 0 radical (unpaired) electrons. The fourth-order valence-electron chi connectivity index (χ4n) is 3.57. The molecule has 0 aliphatic heterocycles. The normalized spacial score (nSPS) is 16.8. The fraction of sp³-hybridized carbons (Fsp3) is 0.316. The third kappa shape index (κ3) is 2.46. The molecule has 1 amide bonds. The largest absolute Gasteiger partial charge is 0.345 e. The second kappa shape index (κ2) is 5.74. The van der Waals surface area contributed by atoms with Gasteiger partial charge in [-0.05, 0) is 43.4 Å². The van der Waals surface area contributed by atoms with Crippen LogP contribution >= 0.6 is 0 Å². The number of carbonyl (C=O) groups is 1. The molecule has 0 unspecified atom stereocenters. The summed E-state index contributed by atoms with van der Waals surface area (Å²) in [6, 6.07) is 10.3. The van der Waals surface area contributed by atoms with Gasteiger partial charge in [0.2, 0.25) is 0 Å². The molecular weight excluding hydrogens is 300 g/mol. The highest BCUT2D eigenvalue weighted by Gasteiger charge is 2.23. The summed E-state index contributed by atoms with van der Waals surface area (Å²) in [5.74, 6) is -0.0554. The van der Waals surface area contributed by atoms with E-state index in [9.17, 15) is 4.79 Å². The van der Waals surface area contributed by atoms with E-state index < -0.39 is 0 Å². The van der Waals surface area contributed by atoms with E-state index in [-0.39, 0.29) is 11.9 Å². The molecule has 1 atom stereocenters. The Labute approximate surface area is 140 Å². The van der Waals surface area contributed by atoms with Crippen LogP contribution < -0.4 is 5.32 Å². The molecule has 5 nitrogen and oxygen atoms in total. The molecule has 0 spiro atoms. The highest BCUT2D eigenvalue weighted by atomic mass is 16.1. The van der Waals surface area contributed by atoms with Crippen molar-refractivity contribution in [2.24, 2.45) is 7.05 Å². The minimum atomic E-state index is -0.0554. The maximum Gasteiger partial charge on any atom is 0.252 e. The van der Waals surface area contributed by atoms with Gasteiger partial charge in [0.05, 0.1) is 23.2 Å². The second-order valence-electron chi connectivity index (χ2n) is 6.43. The van der Waals surface area contributed by atoms with Crippen LogP contribution in [0.1, 0.15) is 46.1 Å².